The number of hydrogen-bond acceptors (Lipinski definition) is 3. The smallest absolute Gasteiger partial charge is 0.411 e. The average molecular weight is 362 g/mol. The zero-order valence-corrected chi connectivity index (χ0v) is 13.3. The Bertz CT molecular complexity index is 685. The van der Waals surface area contributed by atoms with Crippen LogP contribution in [-0.2, 0) is 4.74 Å². The minimum atomic E-state index is -4.34. The zero-order chi connectivity index (χ0) is 17.6. The molecule has 1 heterocycles. The van der Waals surface area contributed by atoms with Gasteiger partial charge in [-0.15, -0.1) is 0 Å². The number of benzene rings is 1. The summed E-state index contributed by atoms with van der Waals surface area (Å²) in [5, 5.41) is 3.05. The monoisotopic (exact) mass is 361 g/mol. The van der Waals surface area contributed by atoms with E-state index in [0.29, 0.717) is 16.3 Å². The average Bonchev–Trinajstić information content (AvgIpc) is 2.99. The van der Waals surface area contributed by atoms with Crippen molar-refractivity contribution in [3.8, 4) is 11.3 Å². The van der Waals surface area contributed by atoms with Crippen LogP contribution in [0.5, 0.6) is 0 Å². The van der Waals surface area contributed by atoms with Gasteiger partial charge in [-0.3, -0.25) is 4.79 Å². The van der Waals surface area contributed by atoms with Crippen LogP contribution in [0.3, 0.4) is 0 Å². The van der Waals surface area contributed by atoms with Crippen LogP contribution in [0.4, 0.5) is 13.2 Å². The van der Waals surface area contributed by atoms with Gasteiger partial charge in [-0.05, 0) is 30.7 Å². The number of halogens is 4. The van der Waals surface area contributed by atoms with Gasteiger partial charge < -0.3 is 14.5 Å². The molecule has 1 aromatic heterocycles. The molecule has 0 aliphatic heterocycles. The van der Waals surface area contributed by atoms with E-state index in [1.165, 1.54) is 6.07 Å². The van der Waals surface area contributed by atoms with Gasteiger partial charge in [-0.1, -0.05) is 23.7 Å². The fourth-order valence-electron chi connectivity index (χ4n) is 1.92. The summed E-state index contributed by atoms with van der Waals surface area (Å²) in [5.74, 6) is 0.101. The zero-order valence-electron chi connectivity index (χ0n) is 12.5. The molecule has 2 rings (SSSR count). The number of alkyl halides is 3. The lowest BCUT2D eigenvalue weighted by Crippen LogP contribution is -2.25. The minimum absolute atomic E-state index is 0.0944. The van der Waals surface area contributed by atoms with Gasteiger partial charge in [0.15, 0.2) is 5.76 Å². The van der Waals surface area contributed by atoms with Gasteiger partial charge in [-0.25, -0.2) is 0 Å². The van der Waals surface area contributed by atoms with E-state index in [-0.39, 0.29) is 25.3 Å². The number of amides is 1. The summed E-state index contributed by atoms with van der Waals surface area (Å²) >= 11 is 6.06. The Labute approximate surface area is 141 Å². The summed E-state index contributed by atoms with van der Waals surface area (Å²) in [6.45, 7) is -1.21. The Morgan fingerprint density at radius 1 is 1.21 bits per heavy atom. The van der Waals surface area contributed by atoms with Crippen molar-refractivity contribution in [3.05, 3.63) is 47.2 Å². The van der Waals surface area contributed by atoms with Gasteiger partial charge >= 0.3 is 6.18 Å². The van der Waals surface area contributed by atoms with Crippen molar-refractivity contribution < 1.29 is 27.1 Å². The number of nitrogens with one attached hydrogen (secondary N) is 1. The van der Waals surface area contributed by atoms with E-state index in [9.17, 15) is 18.0 Å². The second kappa shape index (κ2) is 8.21. The van der Waals surface area contributed by atoms with Crippen molar-refractivity contribution >= 4 is 17.5 Å². The van der Waals surface area contributed by atoms with Crippen LogP contribution in [0, 0.1) is 0 Å². The van der Waals surface area contributed by atoms with Crippen molar-refractivity contribution in [1.29, 1.82) is 0 Å². The molecule has 0 aliphatic rings. The third-order valence-electron chi connectivity index (χ3n) is 2.99. The van der Waals surface area contributed by atoms with E-state index in [1.54, 1.807) is 30.3 Å². The van der Waals surface area contributed by atoms with Crippen LogP contribution in [-0.4, -0.2) is 31.8 Å². The van der Waals surface area contributed by atoms with E-state index in [0.717, 1.165) is 0 Å². The third kappa shape index (κ3) is 5.58. The van der Waals surface area contributed by atoms with Crippen molar-refractivity contribution in [2.45, 2.75) is 12.6 Å². The summed E-state index contributed by atoms with van der Waals surface area (Å²) in [6, 6.07) is 10.2. The summed E-state index contributed by atoms with van der Waals surface area (Å²) in [4.78, 5) is 11.9. The van der Waals surface area contributed by atoms with Crippen molar-refractivity contribution in [2.75, 3.05) is 19.8 Å². The largest absolute Gasteiger partial charge is 0.451 e. The van der Waals surface area contributed by atoms with Crippen LogP contribution in [0.2, 0.25) is 5.02 Å². The highest BCUT2D eigenvalue weighted by Gasteiger charge is 2.27. The molecule has 1 amide bonds. The summed E-state index contributed by atoms with van der Waals surface area (Å²) < 4.78 is 45.5. The second-order valence-electron chi connectivity index (χ2n) is 4.92. The molecule has 0 spiro atoms. The highest BCUT2D eigenvalue weighted by molar-refractivity contribution is 6.33. The molecule has 1 N–H and O–H groups in total. The van der Waals surface area contributed by atoms with E-state index >= 15 is 0 Å². The van der Waals surface area contributed by atoms with Crippen LogP contribution < -0.4 is 5.32 Å². The van der Waals surface area contributed by atoms with Crippen LogP contribution in [0.1, 0.15) is 17.0 Å². The molecule has 2 aromatic rings. The Hall–Kier alpha value is -1.99. The van der Waals surface area contributed by atoms with Gasteiger partial charge in [0.2, 0.25) is 0 Å². The van der Waals surface area contributed by atoms with Gasteiger partial charge in [-0.2, -0.15) is 13.2 Å². The predicted molar refractivity (Wildman–Crippen MR) is 83.0 cm³/mol. The number of rotatable bonds is 7. The maximum Gasteiger partial charge on any atom is 0.411 e. The number of hydrogen-bond donors (Lipinski definition) is 1. The first kappa shape index (κ1) is 18.4. The number of carbonyl (C=O) groups is 1. The topological polar surface area (TPSA) is 51.5 Å². The molecule has 130 valence electrons. The maximum atomic E-state index is 11.9. The number of carbonyl (C=O) groups excluding carboxylic acids is 1. The molecular formula is C16H15ClF3NO3. The molecule has 0 bridgehead atoms. The number of ether oxygens (including phenoxy) is 1. The molecule has 0 radical (unpaired) electrons. The Morgan fingerprint density at radius 2 is 1.96 bits per heavy atom. The van der Waals surface area contributed by atoms with Crippen molar-refractivity contribution in [3.63, 3.8) is 0 Å². The fourth-order valence-corrected chi connectivity index (χ4v) is 2.15. The SMILES string of the molecule is O=C(NCCCOCC(F)(F)F)c1ccc(-c2ccccc2Cl)o1. The standard InChI is InChI=1S/C16H15ClF3NO3/c17-12-5-2-1-4-11(12)13-6-7-14(24-13)15(22)21-8-3-9-23-10-16(18,19)20/h1-2,4-7H,3,8-10H2,(H,21,22). The van der Waals surface area contributed by atoms with Crippen molar-refractivity contribution in [2.24, 2.45) is 0 Å². The first-order chi connectivity index (χ1) is 11.4. The lowest BCUT2D eigenvalue weighted by atomic mass is 10.2. The van der Waals surface area contributed by atoms with Crippen molar-refractivity contribution in [1.82, 2.24) is 5.32 Å². The summed E-state index contributed by atoms with van der Waals surface area (Å²) in [5.41, 5.74) is 0.666. The first-order valence-electron chi connectivity index (χ1n) is 7.14. The fraction of sp³-hybridized carbons (Fsp3) is 0.312. The van der Waals surface area contributed by atoms with E-state index in [1.807, 2.05) is 0 Å². The first-order valence-corrected chi connectivity index (χ1v) is 7.52. The maximum absolute atomic E-state index is 11.9. The summed E-state index contributed by atoms with van der Waals surface area (Å²) in [7, 11) is 0. The summed E-state index contributed by atoms with van der Waals surface area (Å²) in [6.07, 6.45) is -4.08. The molecule has 24 heavy (non-hydrogen) atoms. The van der Waals surface area contributed by atoms with Crippen LogP contribution >= 0.6 is 11.6 Å². The molecule has 0 aliphatic carbocycles. The minimum Gasteiger partial charge on any atom is -0.451 e. The van der Waals surface area contributed by atoms with E-state index in [2.05, 4.69) is 10.1 Å². The second-order valence-corrected chi connectivity index (χ2v) is 5.33. The van der Waals surface area contributed by atoms with Gasteiger partial charge in [0, 0.05) is 18.7 Å². The van der Waals surface area contributed by atoms with Crippen LogP contribution in [0.15, 0.2) is 40.8 Å². The molecule has 1 aromatic carbocycles. The molecular weight excluding hydrogens is 347 g/mol. The van der Waals surface area contributed by atoms with Gasteiger partial charge in [0.25, 0.3) is 5.91 Å². The molecule has 0 fully saturated rings. The lowest BCUT2D eigenvalue weighted by Gasteiger charge is -2.07. The quantitative estimate of drug-likeness (QED) is 0.748. The Balaban J connectivity index is 1.79. The molecule has 0 atom stereocenters. The van der Waals surface area contributed by atoms with E-state index in [4.69, 9.17) is 16.0 Å². The number of furan rings is 1. The normalized spacial score (nSPS) is 11.5. The highest BCUT2D eigenvalue weighted by Crippen LogP contribution is 2.28. The molecule has 0 saturated carbocycles. The molecule has 8 heteroatoms. The van der Waals surface area contributed by atoms with E-state index < -0.39 is 18.7 Å². The third-order valence-corrected chi connectivity index (χ3v) is 3.32. The molecule has 0 saturated heterocycles. The Kier molecular flexibility index (Phi) is 6.28. The van der Waals surface area contributed by atoms with Crippen LogP contribution in [0.25, 0.3) is 11.3 Å². The van der Waals surface area contributed by atoms with Gasteiger partial charge in [0.05, 0.1) is 5.02 Å². The molecule has 4 nitrogen and oxygen atoms in total. The highest BCUT2D eigenvalue weighted by atomic mass is 35.5. The lowest BCUT2D eigenvalue weighted by molar-refractivity contribution is -0.173. The molecule has 0 unspecified atom stereocenters. The predicted octanol–water partition coefficient (Wildman–Crippen LogP) is 4.30. The Morgan fingerprint density at radius 3 is 2.67 bits per heavy atom. The van der Waals surface area contributed by atoms with Gasteiger partial charge in [0.1, 0.15) is 12.4 Å².